The first-order valence-electron chi connectivity index (χ1n) is 9.78. The lowest BCUT2D eigenvalue weighted by atomic mass is 10.1. The highest BCUT2D eigenvalue weighted by molar-refractivity contribution is 5.94. The molecule has 0 N–H and O–H groups in total. The predicted molar refractivity (Wildman–Crippen MR) is 107 cm³/mol. The second-order valence-electron chi connectivity index (χ2n) is 7.55. The Labute approximate surface area is 169 Å². The van der Waals surface area contributed by atoms with Gasteiger partial charge in [-0.05, 0) is 57.5 Å². The molecule has 0 bridgehead atoms. The zero-order chi connectivity index (χ0) is 20.5. The first-order chi connectivity index (χ1) is 13.9. The van der Waals surface area contributed by atoms with Crippen LogP contribution in [0.3, 0.4) is 0 Å². The number of hydrogen-bond acceptors (Lipinski definition) is 6. The summed E-state index contributed by atoms with van der Waals surface area (Å²) in [6.45, 7) is 9.29. The Bertz CT molecular complexity index is 1050. The van der Waals surface area contributed by atoms with Crippen molar-refractivity contribution in [2.45, 2.75) is 39.9 Å². The summed E-state index contributed by atoms with van der Waals surface area (Å²) in [5, 5.41) is 4.25. The average Bonchev–Trinajstić information content (AvgIpc) is 3.16. The molecule has 3 aromatic rings. The van der Waals surface area contributed by atoms with Crippen LogP contribution in [0.15, 0.2) is 30.6 Å². The van der Waals surface area contributed by atoms with Gasteiger partial charge >= 0.3 is 0 Å². The number of amides is 1. The molecule has 1 aliphatic heterocycles. The fourth-order valence-corrected chi connectivity index (χ4v) is 3.55. The van der Waals surface area contributed by atoms with Crippen LogP contribution >= 0.6 is 0 Å². The van der Waals surface area contributed by atoms with E-state index in [1.165, 1.54) is 6.33 Å². The number of aromatic nitrogens is 4. The molecular weight excluding hydrogens is 370 g/mol. The highest BCUT2D eigenvalue weighted by atomic mass is 16.5. The smallest absolute Gasteiger partial charge is 0.254 e. The third-order valence-electron chi connectivity index (χ3n) is 4.88. The van der Waals surface area contributed by atoms with Crippen LogP contribution in [0, 0.1) is 13.8 Å². The molecule has 1 fully saturated rings. The van der Waals surface area contributed by atoms with Crippen molar-refractivity contribution < 1.29 is 14.3 Å². The fourth-order valence-electron chi connectivity index (χ4n) is 3.55. The largest absolute Gasteiger partial charge is 0.491 e. The Morgan fingerprint density at radius 2 is 2.10 bits per heavy atom. The molecule has 1 aromatic carbocycles. The van der Waals surface area contributed by atoms with Gasteiger partial charge in [-0.2, -0.15) is 14.6 Å². The van der Waals surface area contributed by atoms with Crippen LogP contribution < -0.4 is 4.74 Å². The number of aryl methyl sites for hydroxylation is 2. The number of benzene rings is 1. The predicted octanol–water partition coefficient (Wildman–Crippen LogP) is 2.74. The summed E-state index contributed by atoms with van der Waals surface area (Å²) in [5.74, 6) is 1.32. The first-order valence-corrected chi connectivity index (χ1v) is 9.78. The van der Waals surface area contributed by atoms with E-state index < -0.39 is 0 Å². The second-order valence-corrected chi connectivity index (χ2v) is 7.55. The normalized spacial score (nSPS) is 17.1. The summed E-state index contributed by atoms with van der Waals surface area (Å²) < 4.78 is 13.4. The van der Waals surface area contributed by atoms with Crippen LogP contribution in [0.5, 0.6) is 5.75 Å². The van der Waals surface area contributed by atoms with Gasteiger partial charge in [0.25, 0.3) is 11.7 Å². The van der Waals surface area contributed by atoms with E-state index in [1.54, 1.807) is 4.52 Å². The van der Waals surface area contributed by atoms with Crippen molar-refractivity contribution in [3.8, 4) is 5.75 Å². The number of ether oxygens (including phenoxy) is 2. The number of carbonyl (C=O) groups excluding carboxylic acids is 1. The van der Waals surface area contributed by atoms with Gasteiger partial charge < -0.3 is 14.4 Å². The van der Waals surface area contributed by atoms with Crippen molar-refractivity contribution >= 4 is 11.7 Å². The summed E-state index contributed by atoms with van der Waals surface area (Å²) in [5.41, 5.74) is 3.28. The Kier molecular flexibility index (Phi) is 5.19. The van der Waals surface area contributed by atoms with E-state index in [4.69, 9.17) is 9.47 Å². The molecule has 0 spiro atoms. The van der Waals surface area contributed by atoms with E-state index in [0.29, 0.717) is 31.0 Å². The molecule has 4 rings (SSSR count). The van der Waals surface area contributed by atoms with Gasteiger partial charge in [0.05, 0.1) is 24.9 Å². The lowest BCUT2D eigenvalue weighted by Crippen LogP contribution is -2.42. The molecule has 1 amide bonds. The van der Waals surface area contributed by atoms with Crippen LogP contribution in [0.2, 0.25) is 0 Å². The maximum atomic E-state index is 13.1. The molecule has 2 aromatic heterocycles. The average molecular weight is 395 g/mol. The Morgan fingerprint density at radius 3 is 2.86 bits per heavy atom. The Hall–Kier alpha value is -3.00. The van der Waals surface area contributed by atoms with E-state index in [1.807, 2.05) is 56.9 Å². The van der Waals surface area contributed by atoms with E-state index in [0.717, 1.165) is 22.7 Å². The Balaban J connectivity index is 1.56. The SMILES string of the molecule is Cc1cc([C@@H]2CN(C(=O)c3ccc(OC(C)C)c(C)c3)CCO2)n2ncnc2n1. The highest BCUT2D eigenvalue weighted by Crippen LogP contribution is 2.26. The van der Waals surface area contributed by atoms with Crippen molar-refractivity contribution in [2.75, 3.05) is 19.7 Å². The maximum absolute atomic E-state index is 13.1. The van der Waals surface area contributed by atoms with E-state index in [-0.39, 0.29) is 18.1 Å². The van der Waals surface area contributed by atoms with Crippen molar-refractivity contribution in [3.05, 3.63) is 53.1 Å². The van der Waals surface area contributed by atoms with E-state index in [9.17, 15) is 4.79 Å². The molecule has 1 atom stereocenters. The van der Waals surface area contributed by atoms with Gasteiger partial charge in [0.1, 0.15) is 18.2 Å². The maximum Gasteiger partial charge on any atom is 0.254 e. The first kappa shape index (κ1) is 19.3. The molecule has 1 aliphatic rings. The zero-order valence-electron chi connectivity index (χ0n) is 17.1. The van der Waals surface area contributed by atoms with Crippen LogP contribution in [0.25, 0.3) is 5.78 Å². The molecule has 3 heterocycles. The molecule has 152 valence electrons. The number of rotatable bonds is 4. The van der Waals surface area contributed by atoms with E-state index >= 15 is 0 Å². The van der Waals surface area contributed by atoms with Gasteiger partial charge in [0.2, 0.25) is 0 Å². The topological polar surface area (TPSA) is 81.9 Å². The van der Waals surface area contributed by atoms with Gasteiger partial charge in [-0.15, -0.1) is 0 Å². The lowest BCUT2D eigenvalue weighted by Gasteiger charge is -2.33. The van der Waals surface area contributed by atoms with Crippen LogP contribution in [-0.2, 0) is 4.74 Å². The molecule has 8 heteroatoms. The molecular formula is C21H25N5O3. The van der Waals surface area contributed by atoms with Crippen LogP contribution in [0.4, 0.5) is 0 Å². The van der Waals surface area contributed by atoms with E-state index in [2.05, 4.69) is 15.1 Å². The highest BCUT2D eigenvalue weighted by Gasteiger charge is 2.28. The van der Waals surface area contributed by atoms with Gasteiger partial charge in [0, 0.05) is 17.8 Å². The third kappa shape index (κ3) is 3.93. The Morgan fingerprint density at radius 1 is 1.28 bits per heavy atom. The monoisotopic (exact) mass is 395 g/mol. The van der Waals surface area contributed by atoms with Crippen molar-refractivity contribution in [1.29, 1.82) is 0 Å². The minimum Gasteiger partial charge on any atom is -0.491 e. The molecule has 8 nitrogen and oxygen atoms in total. The van der Waals surface area contributed by atoms with Crippen molar-refractivity contribution in [1.82, 2.24) is 24.5 Å². The van der Waals surface area contributed by atoms with Gasteiger partial charge in [0.15, 0.2) is 0 Å². The van der Waals surface area contributed by atoms with Crippen LogP contribution in [0.1, 0.15) is 47.3 Å². The third-order valence-corrected chi connectivity index (χ3v) is 4.88. The molecule has 1 saturated heterocycles. The summed E-state index contributed by atoms with van der Waals surface area (Å²) >= 11 is 0. The number of hydrogen-bond donors (Lipinski definition) is 0. The summed E-state index contributed by atoms with van der Waals surface area (Å²) in [4.78, 5) is 23.5. The molecule has 0 saturated carbocycles. The lowest BCUT2D eigenvalue weighted by molar-refractivity contribution is -0.0257. The number of nitrogens with zero attached hydrogens (tertiary/aromatic N) is 5. The zero-order valence-corrected chi connectivity index (χ0v) is 17.1. The molecule has 0 aliphatic carbocycles. The minimum atomic E-state index is -0.289. The van der Waals surface area contributed by atoms with Gasteiger partial charge in [-0.3, -0.25) is 4.79 Å². The summed E-state index contributed by atoms with van der Waals surface area (Å²) in [6.07, 6.45) is 1.27. The standard InChI is InChI=1S/C21H25N5O3/c1-13(2)29-18-6-5-16(9-14(18)3)20(27)25-7-8-28-19(11-25)17-10-15(4)24-21-22-12-23-26(17)21/h5-6,9-10,12-13,19H,7-8,11H2,1-4H3/t19-/m0/s1. The van der Waals surface area contributed by atoms with Crippen LogP contribution in [-0.4, -0.2) is 56.2 Å². The fraction of sp³-hybridized carbons (Fsp3) is 0.429. The molecule has 29 heavy (non-hydrogen) atoms. The number of carbonyl (C=O) groups is 1. The number of morpholine rings is 1. The van der Waals surface area contributed by atoms with Gasteiger partial charge in [-0.25, -0.2) is 4.98 Å². The molecule has 0 unspecified atom stereocenters. The quantitative estimate of drug-likeness (QED) is 0.676. The van der Waals surface area contributed by atoms with Crippen molar-refractivity contribution in [3.63, 3.8) is 0 Å². The van der Waals surface area contributed by atoms with Gasteiger partial charge in [-0.1, -0.05) is 0 Å². The summed E-state index contributed by atoms with van der Waals surface area (Å²) in [7, 11) is 0. The minimum absolute atomic E-state index is 0.0156. The number of fused-ring (bicyclic) bond motifs is 1. The second kappa shape index (κ2) is 7.79. The van der Waals surface area contributed by atoms with Crippen molar-refractivity contribution in [2.24, 2.45) is 0 Å². The molecule has 0 radical (unpaired) electrons. The summed E-state index contributed by atoms with van der Waals surface area (Å²) in [6, 6.07) is 7.51.